The molecule has 1 fully saturated rings. The highest BCUT2D eigenvalue weighted by Crippen LogP contribution is 2.24. The molecular formula is C18H31N3O2. The molecule has 0 unspecified atom stereocenters. The molecule has 2 heterocycles. The van der Waals surface area contributed by atoms with Crippen molar-refractivity contribution in [3.05, 3.63) is 24.0 Å². The second-order valence-corrected chi connectivity index (χ2v) is 7.56. The minimum atomic E-state index is -0.442. The van der Waals surface area contributed by atoms with Crippen molar-refractivity contribution in [3.8, 4) is 0 Å². The van der Waals surface area contributed by atoms with Crippen molar-refractivity contribution in [3.63, 3.8) is 0 Å². The standard InChI is InChI=1S/C18H31N3O2/c1-14(16-10-8-11-19-16)20(5)13-15-9-6-7-12-21(15)17(22)23-18(2,3)4/h8,10-11,14-15,19H,6-7,9,12-13H2,1-5H3/t14-,15+/m1/s1. The van der Waals surface area contributed by atoms with Crippen LogP contribution in [0.1, 0.15) is 58.7 Å². The van der Waals surface area contributed by atoms with Crippen LogP contribution in [0.4, 0.5) is 4.79 Å². The molecule has 23 heavy (non-hydrogen) atoms. The molecule has 0 bridgehead atoms. The first-order valence-corrected chi connectivity index (χ1v) is 8.61. The zero-order valence-electron chi connectivity index (χ0n) is 15.1. The molecule has 1 amide bonds. The smallest absolute Gasteiger partial charge is 0.410 e. The molecule has 2 rings (SSSR count). The number of H-pyrrole nitrogens is 1. The Hall–Kier alpha value is -1.49. The molecule has 0 saturated carbocycles. The molecule has 5 heteroatoms. The van der Waals surface area contributed by atoms with Crippen LogP contribution < -0.4 is 0 Å². The van der Waals surface area contributed by atoms with E-state index in [1.165, 1.54) is 12.1 Å². The molecule has 1 N–H and O–H groups in total. The van der Waals surface area contributed by atoms with Gasteiger partial charge in [0, 0.05) is 37.1 Å². The average molecular weight is 321 g/mol. The van der Waals surface area contributed by atoms with Gasteiger partial charge in [0.15, 0.2) is 0 Å². The maximum absolute atomic E-state index is 12.5. The molecule has 5 nitrogen and oxygen atoms in total. The van der Waals surface area contributed by atoms with Crippen molar-refractivity contribution in [1.29, 1.82) is 0 Å². The Morgan fingerprint density at radius 3 is 2.83 bits per heavy atom. The summed E-state index contributed by atoms with van der Waals surface area (Å²) in [7, 11) is 2.12. The van der Waals surface area contributed by atoms with E-state index >= 15 is 0 Å². The molecule has 0 spiro atoms. The summed E-state index contributed by atoms with van der Waals surface area (Å²) in [5.41, 5.74) is 0.759. The van der Waals surface area contributed by atoms with E-state index in [1.54, 1.807) is 0 Å². The number of nitrogens with one attached hydrogen (secondary N) is 1. The van der Waals surface area contributed by atoms with Gasteiger partial charge in [-0.2, -0.15) is 0 Å². The monoisotopic (exact) mass is 321 g/mol. The molecule has 1 aliphatic heterocycles. The van der Waals surface area contributed by atoms with Gasteiger partial charge in [-0.25, -0.2) is 4.79 Å². The van der Waals surface area contributed by atoms with Gasteiger partial charge >= 0.3 is 6.09 Å². The highest BCUT2D eigenvalue weighted by Gasteiger charge is 2.31. The quantitative estimate of drug-likeness (QED) is 0.917. The van der Waals surface area contributed by atoms with Gasteiger partial charge in [-0.15, -0.1) is 0 Å². The number of ether oxygens (including phenoxy) is 1. The topological polar surface area (TPSA) is 48.6 Å². The Morgan fingerprint density at radius 1 is 1.48 bits per heavy atom. The normalized spacial score (nSPS) is 20.6. The molecule has 2 atom stereocenters. The molecule has 1 aromatic rings. The fourth-order valence-corrected chi connectivity index (χ4v) is 3.08. The van der Waals surface area contributed by atoms with Crippen LogP contribution >= 0.6 is 0 Å². The average Bonchev–Trinajstić information content (AvgIpc) is 2.99. The summed E-state index contributed by atoms with van der Waals surface area (Å²) in [4.78, 5) is 20.0. The number of hydrogen-bond acceptors (Lipinski definition) is 3. The summed E-state index contributed by atoms with van der Waals surface area (Å²) in [5.74, 6) is 0. The van der Waals surface area contributed by atoms with Crippen molar-refractivity contribution in [1.82, 2.24) is 14.8 Å². The van der Waals surface area contributed by atoms with Crippen LogP contribution in [-0.4, -0.2) is 52.7 Å². The third-order valence-corrected chi connectivity index (χ3v) is 4.49. The van der Waals surface area contributed by atoms with Crippen LogP contribution in [0.25, 0.3) is 0 Å². The lowest BCUT2D eigenvalue weighted by Gasteiger charge is -2.39. The number of aromatic amines is 1. The van der Waals surface area contributed by atoms with E-state index < -0.39 is 5.60 Å². The summed E-state index contributed by atoms with van der Waals surface area (Å²) in [6.07, 6.45) is 5.05. The zero-order valence-corrected chi connectivity index (χ0v) is 15.1. The van der Waals surface area contributed by atoms with Gasteiger partial charge < -0.3 is 14.6 Å². The summed E-state index contributed by atoms with van der Waals surface area (Å²) in [6.45, 7) is 9.60. The van der Waals surface area contributed by atoms with Crippen molar-refractivity contribution >= 4 is 6.09 Å². The number of likely N-dealkylation sites (N-methyl/N-ethyl adjacent to an activating group) is 1. The van der Waals surface area contributed by atoms with Crippen LogP contribution in [0.5, 0.6) is 0 Å². The van der Waals surface area contributed by atoms with Gasteiger partial charge in [0.2, 0.25) is 0 Å². The maximum atomic E-state index is 12.5. The number of rotatable bonds is 4. The molecule has 130 valence electrons. The van der Waals surface area contributed by atoms with Crippen LogP contribution in [0.3, 0.4) is 0 Å². The molecule has 0 aliphatic carbocycles. The fourth-order valence-electron chi connectivity index (χ4n) is 3.08. The highest BCUT2D eigenvalue weighted by molar-refractivity contribution is 5.68. The second-order valence-electron chi connectivity index (χ2n) is 7.56. The van der Waals surface area contributed by atoms with E-state index in [1.807, 2.05) is 37.9 Å². The van der Waals surface area contributed by atoms with Gasteiger partial charge in [-0.05, 0) is 66.1 Å². The molecule has 0 radical (unpaired) electrons. The minimum absolute atomic E-state index is 0.178. The largest absolute Gasteiger partial charge is 0.444 e. The van der Waals surface area contributed by atoms with Crippen LogP contribution in [0.15, 0.2) is 18.3 Å². The Labute approximate surface area is 140 Å². The first kappa shape index (κ1) is 17.9. The Bertz CT molecular complexity index is 493. The number of likely N-dealkylation sites (tertiary alicyclic amines) is 1. The van der Waals surface area contributed by atoms with Gasteiger partial charge in [0.05, 0.1) is 0 Å². The van der Waals surface area contributed by atoms with Gasteiger partial charge in [0.1, 0.15) is 5.60 Å². The number of nitrogens with zero attached hydrogens (tertiary/aromatic N) is 2. The van der Waals surface area contributed by atoms with E-state index in [9.17, 15) is 4.79 Å². The predicted octanol–water partition coefficient (Wildman–Crippen LogP) is 3.80. The lowest BCUT2D eigenvalue weighted by atomic mass is 10.0. The molecule has 0 aromatic carbocycles. The third kappa shape index (κ3) is 4.99. The van der Waals surface area contributed by atoms with Crippen molar-refractivity contribution in [2.75, 3.05) is 20.1 Å². The van der Waals surface area contributed by atoms with Gasteiger partial charge in [0.25, 0.3) is 0 Å². The molecule has 1 aromatic heterocycles. The maximum Gasteiger partial charge on any atom is 0.410 e. The lowest BCUT2D eigenvalue weighted by molar-refractivity contribution is 0.00459. The minimum Gasteiger partial charge on any atom is -0.444 e. The first-order chi connectivity index (χ1) is 10.8. The number of carbonyl (C=O) groups is 1. The first-order valence-electron chi connectivity index (χ1n) is 8.61. The van der Waals surface area contributed by atoms with E-state index in [0.29, 0.717) is 6.04 Å². The van der Waals surface area contributed by atoms with E-state index in [-0.39, 0.29) is 12.1 Å². The van der Waals surface area contributed by atoms with Gasteiger partial charge in [-0.1, -0.05) is 0 Å². The van der Waals surface area contributed by atoms with Crippen molar-refractivity contribution in [2.45, 2.75) is 64.6 Å². The number of amides is 1. The van der Waals surface area contributed by atoms with E-state index in [0.717, 1.165) is 25.9 Å². The summed E-state index contributed by atoms with van der Waals surface area (Å²) in [5, 5.41) is 0. The molecule has 1 aliphatic rings. The second kappa shape index (κ2) is 7.39. The number of piperidine rings is 1. The van der Waals surface area contributed by atoms with Crippen LogP contribution in [-0.2, 0) is 4.74 Å². The number of carbonyl (C=O) groups excluding carboxylic acids is 1. The SMILES string of the molecule is C[C@H](c1ccc[nH]1)N(C)C[C@@H]1CCCCN1C(=O)OC(C)(C)C. The van der Waals surface area contributed by atoms with Crippen molar-refractivity contribution in [2.24, 2.45) is 0 Å². The molecular weight excluding hydrogens is 290 g/mol. The summed E-state index contributed by atoms with van der Waals surface area (Å²) >= 11 is 0. The van der Waals surface area contributed by atoms with Crippen molar-refractivity contribution < 1.29 is 9.53 Å². The number of aromatic nitrogens is 1. The highest BCUT2D eigenvalue weighted by atomic mass is 16.6. The summed E-state index contributed by atoms with van der Waals surface area (Å²) in [6, 6.07) is 4.65. The summed E-state index contributed by atoms with van der Waals surface area (Å²) < 4.78 is 5.58. The Balaban J connectivity index is 1.99. The van der Waals surface area contributed by atoms with E-state index in [2.05, 4.69) is 29.9 Å². The van der Waals surface area contributed by atoms with Gasteiger partial charge in [-0.3, -0.25) is 4.90 Å². The predicted molar refractivity (Wildman–Crippen MR) is 92.4 cm³/mol. The Kier molecular flexibility index (Phi) is 5.74. The van der Waals surface area contributed by atoms with Crippen LogP contribution in [0.2, 0.25) is 0 Å². The van der Waals surface area contributed by atoms with E-state index in [4.69, 9.17) is 4.74 Å². The number of hydrogen-bond donors (Lipinski definition) is 1. The Morgan fingerprint density at radius 2 is 2.22 bits per heavy atom. The zero-order chi connectivity index (χ0) is 17.0. The molecule has 1 saturated heterocycles. The van der Waals surface area contributed by atoms with Crippen LogP contribution in [0, 0.1) is 0 Å². The fraction of sp³-hybridized carbons (Fsp3) is 0.722. The lowest BCUT2D eigenvalue weighted by Crippen LogP contribution is -2.50. The third-order valence-electron chi connectivity index (χ3n) is 4.49.